The summed E-state index contributed by atoms with van der Waals surface area (Å²) in [5.74, 6) is 0. The molecular weight excluding hydrogens is 202 g/mol. The Morgan fingerprint density at radius 2 is 2.25 bits per heavy atom. The molecule has 0 saturated carbocycles. The van der Waals surface area contributed by atoms with E-state index in [4.69, 9.17) is 15.7 Å². The number of nitriles is 1. The van der Waals surface area contributed by atoms with Crippen molar-refractivity contribution in [3.8, 4) is 6.07 Å². The van der Waals surface area contributed by atoms with Crippen molar-refractivity contribution in [1.82, 2.24) is 0 Å². The second-order valence-corrected chi connectivity index (χ2v) is 3.76. The second-order valence-electron chi connectivity index (χ2n) is 3.76. The van der Waals surface area contributed by atoms with Gasteiger partial charge in [-0.25, -0.2) is 0 Å². The molecule has 1 aromatic carbocycles. The number of nitrogen functional groups attached to an aromatic ring is 1. The highest BCUT2D eigenvalue weighted by Crippen LogP contribution is 2.17. The smallest absolute Gasteiger partial charge is 0.101 e. The Bertz CT molecular complexity index is 382. The van der Waals surface area contributed by atoms with Crippen LogP contribution in [0.5, 0.6) is 0 Å². The molecule has 16 heavy (non-hydrogen) atoms. The van der Waals surface area contributed by atoms with E-state index in [-0.39, 0.29) is 6.10 Å². The highest BCUT2D eigenvalue weighted by molar-refractivity contribution is 5.62. The van der Waals surface area contributed by atoms with Gasteiger partial charge in [0.1, 0.15) is 6.07 Å². The minimum atomic E-state index is 0.226. The third-order valence-electron chi connectivity index (χ3n) is 2.03. The third-order valence-corrected chi connectivity index (χ3v) is 2.03. The van der Waals surface area contributed by atoms with Gasteiger partial charge >= 0.3 is 0 Å². The van der Waals surface area contributed by atoms with E-state index in [1.54, 1.807) is 12.1 Å². The number of rotatable bonds is 5. The van der Waals surface area contributed by atoms with Crippen LogP contribution < -0.4 is 11.1 Å². The molecule has 0 radical (unpaired) electrons. The number of ether oxygens (including phenoxy) is 1. The van der Waals surface area contributed by atoms with Crippen molar-refractivity contribution in [3.05, 3.63) is 23.8 Å². The minimum Gasteiger partial charge on any atom is -0.399 e. The van der Waals surface area contributed by atoms with Crippen LogP contribution in [0.15, 0.2) is 18.2 Å². The summed E-state index contributed by atoms with van der Waals surface area (Å²) in [6.45, 7) is 5.28. The fourth-order valence-electron chi connectivity index (χ4n) is 1.29. The minimum absolute atomic E-state index is 0.226. The normalized spacial score (nSPS) is 10.1. The molecule has 0 unspecified atom stereocenters. The molecule has 0 spiro atoms. The molecule has 0 amide bonds. The van der Waals surface area contributed by atoms with E-state index in [1.165, 1.54) is 0 Å². The molecule has 0 aliphatic carbocycles. The predicted octanol–water partition coefficient (Wildman–Crippen LogP) is 1.98. The zero-order valence-electron chi connectivity index (χ0n) is 9.66. The van der Waals surface area contributed by atoms with Crippen LogP contribution in [0, 0.1) is 11.3 Å². The molecule has 4 heteroatoms. The maximum Gasteiger partial charge on any atom is 0.101 e. The number of nitrogens with two attached hydrogens (primary N) is 1. The van der Waals surface area contributed by atoms with Gasteiger partial charge in [0.25, 0.3) is 0 Å². The maximum absolute atomic E-state index is 8.91. The Kier molecular flexibility index (Phi) is 4.62. The van der Waals surface area contributed by atoms with Crippen LogP contribution in [0.25, 0.3) is 0 Å². The fourth-order valence-corrected chi connectivity index (χ4v) is 1.29. The van der Waals surface area contributed by atoms with Crippen LogP contribution in [0.3, 0.4) is 0 Å². The van der Waals surface area contributed by atoms with Crippen molar-refractivity contribution in [2.45, 2.75) is 20.0 Å². The summed E-state index contributed by atoms with van der Waals surface area (Å²) >= 11 is 0. The Morgan fingerprint density at radius 3 is 2.88 bits per heavy atom. The Labute approximate surface area is 96.0 Å². The molecule has 0 aromatic heterocycles. The van der Waals surface area contributed by atoms with Gasteiger partial charge in [-0.3, -0.25) is 0 Å². The van der Waals surface area contributed by atoms with Crippen LogP contribution >= 0.6 is 0 Å². The number of nitrogens with one attached hydrogen (secondary N) is 1. The number of hydrogen-bond acceptors (Lipinski definition) is 4. The molecular formula is C12H17N3O. The van der Waals surface area contributed by atoms with E-state index in [0.29, 0.717) is 24.4 Å². The summed E-state index contributed by atoms with van der Waals surface area (Å²) < 4.78 is 5.39. The van der Waals surface area contributed by atoms with Crippen molar-refractivity contribution in [3.63, 3.8) is 0 Å². The maximum atomic E-state index is 8.91. The SMILES string of the molecule is CC(C)OCCNc1ccc(N)cc1C#N. The molecule has 4 nitrogen and oxygen atoms in total. The lowest BCUT2D eigenvalue weighted by Crippen LogP contribution is -2.13. The molecule has 3 N–H and O–H groups in total. The molecule has 0 atom stereocenters. The van der Waals surface area contributed by atoms with Crippen LogP contribution in [0.4, 0.5) is 11.4 Å². The molecule has 1 aromatic rings. The van der Waals surface area contributed by atoms with Gasteiger partial charge in [-0.2, -0.15) is 5.26 Å². The molecule has 0 aliphatic rings. The zero-order valence-corrected chi connectivity index (χ0v) is 9.66. The highest BCUT2D eigenvalue weighted by Gasteiger charge is 2.01. The zero-order chi connectivity index (χ0) is 12.0. The Hall–Kier alpha value is -1.73. The molecule has 0 bridgehead atoms. The van der Waals surface area contributed by atoms with Gasteiger partial charge in [-0.15, -0.1) is 0 Å². The Balaban J connectivity index is 2.51. The molecule has 86 valence electrons. The van der Waals surface area contributed by atoms with Crippen LogP contribution in [0.2, 0.25) is 0 Å². The summed E-state index contributed by atoms with van der Waals surface area (Å²) in [5, 5.41) is 12.1. The monoisotopic (exact) mass is 219 g/mol. The Morgan fingerprint density at radius 1 is 1.50 bits per heavy atom. The first-order chi connectivity index (χ1) is 7.63. The standard InChI is InChI=1S/C12H17N3O/c1-9(2)16-6-5-15-12-4-3-11(14)7-10(12)8-13/h3-4,7,9,15H,5-6,14H2,1-2H3. The summed E-state index contributed by atoms with van der Waals surface area (Å²) in [7, 11) is 0. The van der Waals surface area contributed by atoms with Gasteiger partial charge in [0.15, 0.2) is 0 Å². The van der Waals surface area contributed by atoms with Crippen LogP contribution in [-0.2, 0) is 4.74 Å². The number of nitrogens with zero attached hydrogens (tertiary/aromatic N) is 1. The average Bonchev–Trinajstić information content (AvgIpc) is 2.25. The summed E-state index contributed by atoms with van der Waals surface area (Å²) in [6.07, 6.45) is 0.226. The number of hydrogen-bond donors (Lipinski definition) is 2. The van der Waals surface area contributed by atoms with Crippen molar-refractivity contribution < 1.29 is 4.74 Å². The number of anilines is 2. The summed E-state index contributed by atoms with van der Waals surface area (Å²) in [6, 6.07) is 7.34. The van der Waals surface area contributed by atoms with Gasteiger partial charge in [0, 0.05) is 12.2 Å². The van der Waals surface area contributed by atoms with E-state index >= 15 is 0 Å². The van der Waals surface area contributed by atoms with E-state index in [0.717, 1.165) is 5.69 Å². The topological polar surface area (TPSA) is 71.1 Å². The van der Waals surface area contributed by atoms with Crippen molar-refractivity contribution in [1.29, 1.82) is 5.26 Å². The largest absolute Gasteiger partial charge is 0.399 e. The molecule has 0 heterocycles. The highest BCUT2D eigenvalue weighted by atomic mass is 16.5. The molecule has 0 fully saturated rings. The van der Waals surface area contributed by atoms with Crippen molar-refractivity contribution in [2.24, 2.45) is 0 Å². The van der Waals surface area contributed by atoms with E-state index in [9.17, 15) is 0 Å². The van der Waals surface area contributed by atoms with Gasteiger partial charge in [0.2, 0.25) is 0 Å². The second kappa shape index (κ2) is 5.99. The first-order valence-electron chi connectivity index (χ1n) is 5.28. The lowest BCUT2D eigenvalue weighted by molar-refractivity contribution is 0.0870. The summed E-state index contributed by atoms with van der Waals surface area (Å²) in [5.41, 5.74) is 7.55. The quantitative estimate of drug-likeness (QED) is 0.586. The van der Waals surface area contributed by atoms with Crippen molar-refractivity contribution >= 4 is 11.4 Å². The third kappa shape index (κ3) is 3.79. The van der Waals surface area contributed by atoms with E-state index in [2.05, 4.69) is 11.4 Å². The molecule has 0 saturated heterocycles. The first-order valence-corrected chi connectivity index (χ1v) is 5.28. The fraction of sp³-hybridized carbons (Fsp3) is 0.417. The van der Waals surface area contributed by atoms with E-state index in [1.807, 2.05) is 19.9 Å². The van der Waals surface area contributed by atoms with Gasteiger partial charge < -0.3 is 15.8 Å². The lowest BCUT2D eigenvalue weighted by atomic mass is 10.2. The lowest BCUT2D eigenvalue weighted by Gasteiger charge is -2.10. The van der Waals surface area contributed by atoms with Gasteiger partial charge in [-0.1, -0.05) is 0 Å². The number of benzene rings is 1. The van der Waals surface area contributed by atoms with Gasteiger partial charge in [-0.05, 0) is 32.0 Å². The predicted molar refractivity (Wildman–Crippen MR) is 65.1 cm³/mol. The molecule has 1 rings (SSSR count). The first kappa shape index (κ1) is 12.3. The van der Waals surface area contributed by atoms with Crippen LogP contribution in [-0.4, -0.2) is 19.3 Å². The van der Waals surface area contributed by atoms with Crippen LogP contribution in [0.1, 0.15) is 19.4 Å². The van der Waals surface area contributed by atoms with Gasteiger partial charge in [0.05, 0.1) is 24.0 Å². The summed E-state index contributed by atoms with van der Waals surface area (Å²) in [4.78, 5) is 0. The van der Waals surface area contributed by atoms with Crippen molar-refractivity contribution in [2.75, 3.05) is 24.2 Å². The van der Waals surface area contributed by atoms with E-state index < -0.39 is 0 Å². The average molecular weight is 219 g/mol. The molecule has 0 aliphatic heterocycles.